The molecule has 0 radical (unpaired) electrons. The van der Waals surface area contributed by atoms with Crippen molar-refractivity contribution in [2.45, 2.75) is 19.1 Å². The minimum atomic E-state index is -1.20. The molecule has 0 spiro atoms. The molecule has 0 heterocycles. The molecule has 2 aromatic rings. The van der Waals surface area contributed by atoms with Crippen LogP contribution in [0.3, 0.4) is 0 Å². The first-order valence-electron chi connectivity index (χ1n) is 9.21. The number of carbonyl (C=O) groups excluding carboxylic acids is 3. The molecule has 0 bridgehead atoms. The van der Waals surface area contributed by atoms with E-state index in [1.807, 2.05) is 24.3 Å². The van der Waals surface area contributed by atoms with Crippen LogP contribution in [0.25, 0.3) is 0 Å². The molecular formula is C21H23N3O6. The summed E-state index contributed by atoms with van der Waals surface area (Å²) in [7, 11) is 0. The lowest BCUT2D eigenvalue weighted by Gasteiger charge is -2.18. The maximum Gasteiger partial charge on any atom is 0.407 e. The highest BCUT2D eigenvalue weighted by Crippen LogP contribution is 2.04. The molecule has 2 aromatic carbocycles. The van der Waals surface area contributed by atoms with Crippen molar-refractivity contribution in [1.82, 2.24) is 16.0 Å². The van der Waals surface area contributed by atoms with Crippen molar-refractivity contribution in [3.63, 3.8) is 0 Å². The van der Waals surface area contributed by atoms with Gasteiger partial charge in [-0.1, -0.05) is 60.7 Å². The number of benzene rings is 2. The Morgan fingerprint density at radius 3 is 2.03 bits per heavy atom. The molecule has 0 saturated heterocycles. The van der Waals surface area contributed by atoms with E-state index in [1.54, 1.807) is 36.4 Å². The maximum atomic E-state index is 12.3. The fourth-order valence-corrected chi connectivity index (χ4v) is 2.52. The minimum absolute atomic E-state index is 0.0581. The number of carboxylic acid groups (broad SMARTS) is 1. The van der Waals surface area contributed by atoms with Crippen LogP contribution >= 0.6 is 0 Å². The minimum Gasteiger partial charge on any atom is -0.480 e. The quantitative estimate of drug-likeness (QED) is 0.456. The van der Waals surface area contributed by atoms with Crippen LogP contribution in [0, 0.1) is 0 Å². The van der Waals surface area contributed by atoms with Crippen LogP contribution in [-0.4, -0.2) is 48.1 Å². The Morgan fingerprint density at radius 1 is 0.833 bits per heavy atom. The third-order valence-electron chi connectivity index (χ3n) is 3.95. The van der Waals surface area contributed by atoms with Crippen LogP contribution in [0.1, 0.15) is 11.1 Å². The molecule has 0 aliphatic heterocycles. The number of aliphatic carboxylic acids is 1. The Labute approximate surface area is 173 Å². The Morgan fingerprint density at radius 2 is 1.43 bits per heavy atom. The van der Waals surface area contributed by atoms with E-state index in [0.29, 0.717) is 0 Å². The van der Waals surface area contributed by atoms with Gasteiger partial charge in [0.05, 0.1) is 0 Å². The van der Waals surface area contributed by atoms with Crippen molar-refractivity contribution in [3.05, 3.63) is 71.8 Å². The highest BCUT2D eigenvalue weighted by molar-refractivity contribution is 5.90. The summed E-state index contributed by atoms with van der Waals surface area (Å²) >= 11 is 0. The zero-order valence-corrected chi connectivity index (χ0v) is 16.2. The monoisotopic (exact) mass is 413 g/mol. The molecule has 9 heteroatoms. The van der Waals surface area contributed by atoms with E-state index in [-0.39, 0.29) is 13.0 Å². The van der Waals surface area contributed by atoms with Crippen LogP contribution in [0.5, 0.6) is 0 Å². The lowest BCUT2D eigenvalue weighted by atomic mass is 10.1. The maximum absolute atomic E-state index is 12.3. The predicted molar refractivity (Wildman–Crippen MR) is 107 cm³/mol. The van der Waals surface area contributed by atoms with E-state index < -0.39 is 43.0 Å². The van der Waals surface area contributed by atoms with E-state index in [2.05, 4.69) is 16.0 Å². The van der Waals surface area contributed by atoms with Crippen molar-refractivity contribution in [2.75, 3.05) is 13.1 Å². The second kappa shape index (κ2) is 11.8. The molecule has 0 unspecified atom stereocenters. The van der Waals surface area contributed by atoms with Crippen LogP contribution < -0.4 is 16.0 Å². The Hall–Kier alpha value is -3.88. The Balaban J connectivity index is 1.85. The molecule has 1 atom stereocenters. The third kappa shape index (κ3) is 8.42. The van der Waals surface area contributed by atoms with Crippen molar-refractivity contribution >= 4 is 23.9 Å². The zero-order chi connectivity index (χ0) is 21.8. The predicted octanol–water partition coefficient (Wildman–Crippen LogP) is 0.841. The fourth-order valence-electron chi connectivity index (χ4n) is 2.52. The van der Waals surface area contributed by atoms with Crippen molar-refractivity contribution < 1.29 is 29.0 Å². The van der Waals surface area contributed by atoms with Gasteiger partial charge in [0.2, 0.25) is 11.8 Å². The van der Waals surface area contributed by atoms with Gasteiger partial charge in [0.1, 0.15) is 25.7 Å². The van der Waals surface area contributed by atoms with Crippen LogP contribution in [-0.2, 0) is 32.1 Å². The topological polar surface area (TPSA) is 134 Å². The van der Waals surface area contributed by atoms with E-state index in [4.69, 9.17) is 9.84 Å². The summed E-state index contributed by atoms with van der Waals surface area (Å²) in [6, 6.07) is 17.0. The molecule has 158 valence electrons. The molecule has 0 aromatic heterocycles. The summed E-state index contributed by atoms with van der Waals surface area (Å²) in [6.07, 6.45) is -0.611. The van der Waals surface area contributed by atoms with Crippen LogP contribution in [0.4, 0.5) is 4.79 Å². The summed E-state index contributed by atoms with van der Waals surface area (Å²) in [5.74, 6) is -2.45. The van der Waals surface area contributed by atoms with Crippen molar-refractivity contribution in [1.29, 1.82) is 0 Å². The summed E-state index contributed by atoms with van der Waals surface area (Å²) in [4.78, 5) is 46.9. The van der Waals surface area contributed by atoms with Gasteiger partial charge in [-0.3, -0.25) is 14.4 Å². The standard InChI is InChI=1S/C21H23N3O6/c25-18(12-23-21(29)30-14-16-9-5-2-6-10-16)24-17(20(28)22-13-19(26)27)11-15-7-3-1-4-8-15/h1-10,17H,11-14H2,(H,22,28)(H,23,29)(H,24,25)(H,26,27)/t17-/m0/s1. The SMILES string of the molecule is O=C(O)CNC(=O)[C@H](Cc1ccccc1)NC(=O)CNC(=O)OCc1ccccc1. The molecule has 3 amide bonds. The lowest BCUT2D eigenvalue weighted by molar-refractivity contribution is -0.138. The molecule has 0 aliphatic carbocycles. The van der Waals surface area contributed by atoms with Gasteiger partial charge in [-0.05, 0) is 11.1 Å². The Bertz CT molecular complexity index is 858. The molecule has 0 fully saturated rings. The number of hydrogen-bond donors (Lipinski definition) is 4. The summed E-state index contributed by atoms with van der Waals surface area (Å²) in [6.45, 7) is -0.905. The third-order valence-corrected chi connectivity index (χ3v) is 3.95. The molecule has 0 saturated carbocycles. The zero-order valence-electron chi connectivity index (χ0n) is 16.2. The number of carboxylic acids is 1. The van der Waals surface area contributed by atoms with Gasteiger partial charge in [0.15, 0.2) is 0 Å². The first-order chi connectivity index (χ1) is 14.4. The molecule has 0 aliphatic rings. The van der Waals surface area contributed by atoms with E-state index >= 15 is 0 Å². The van der Waals surface area contributed by atoms with Gasteiger partial charge in [-0.2, -0.15) is 0 Å². The summed E-state index contributed by atoms with van der Waals surface area (Å²) in [5, 5.41) is 15.8. The molecular weight excluding hydrogens is 390 g/mol. The number of ether oxygens (including phenoxy) is 1. The second-order valence-electron chi connectivity index (χ2n) is 6.34. The highest BCUT2D eigenvalue weighted by Gasteiger charge is 2.22. The lowest BCUT2D eigenvalue weighted by Crippen LogP contribution is -2.51. The summed E-state index contributed by atoms with van der Waals surface area (Å²) in [5.41, 5.74) is 1.58. The largest absolute Gasteiger partial charge is 0.480 e. The average molecular weight is 413 g/mol. The van der Waals surface area contributed by atoms with Gasteiger partial charge < -0.3 is 25.8 Å². The molecule has 2 rings (SSSR count). The van der Waals surface area contributed by atoms with Gasteiger partial charge in [-0.15, -0.1) is 0 Å². The molecule has 9 nitrogen and oxygen atoms in total. The number of alkyl carbamates (subject to hydrolysis) is 1. The van der Waals surface area contributed by atoms with Gasteiger partial charge >= 0.3 is 12.1 Å². The number of amides is 3. The second-order valence-corrected chi connectivity index (χ2v) is 6.34. The van der Waals surface area contributed by atoms with Crippen LogP contribution in [0.2, 0.25) is 0 Å². The average Bonchev–Trinajstić information content (AvgIpc) is 2.75. The Kier molecular flexibility index (Phi) is 8.85. The number of rotatable bonds is 10. The number of nitrogens with one attached hydrogen (secondary N) is 3. The van der Waals surface area contributed by atoms with Gasteiger partial charge in [0, 0.05) is 6.42 Å². The number of hydrogen-bond acceptors (Lipinski definition) is 5. The number of carbonyl (C=O) groups is 4. The van der Waals surface area contributed by atoms with Crippen molar-refractivity contribution in [3.8, 4) is 0 Å². The fraction of sp³-hybridized carbons (Fsp3) is 0.238. The van der Waals surface area contributed by atoms with E-state index in [9.17, 15) is 19.2 Å². The van der Waals surface area contributed by atoms with Gasteiger partial charge in [0.25, 0.3) is 0 Å². The molecule has 4 N–H and O–H groups in total. The van der Waals surface area contributed by atoms with E-state index in [0.717, 1.165) is 11.1 Å². The normalized spacial score (nSPS) is 11.1. The molecule has 30 heavy (non-hydrogen) atoms. The first kappa shape index (κ1) is 22.4. The highest BCUT2D eigenvalue weighted by atomic mass is 16.5. The van der Waals surface area contributed by atoms with Gasteiger partial charge in [-0.25, -0.2) is 4.79 Å². The van der Waals surface area contributed by atoms with Crippen LogP contribution in [0.15, 0.2) is 60.7 Å². The smallest absolute Gasteiger partial charge is 0.407 e. The first-order valence-corrected chi connectivity index (χ1v) is 9.21. The van der Waals surface area contributed by atoms with Crippen molar-refractivity contribution in [2.24, 2.45) is 0 Å². The summed E-state index contributed by atoms with van der Waals surface area (Å²) < 4.78 is 5.02. The van der Waals surface area contributed by atoms with E-state index in [1.165, 1.54) is 0 Å².